The normalized spacial score (nSPS) is 25.4. The first-order valence-corrected chi connectivity index (χ1v) is 4.04. The number of rotatable bonds is 2. The summed E-state index contributed by atoms with van der Waals surface area (Å²) in [6.07, 6.45) is 2.34. The average molecular weight is 184 g/mol. The first-order valence-electron chi connectivity index (χ1n) is 4.04. The molecule has 14 heavy (non-hydrogen) atoms. The second-order valence-electron chi connectivity index (χ2n) is 3.14. The van der Waals surface area contributed by atoms with Crippen LogP contribution in [0.25, 0.3) is 0 Å². The molecule has 0 aromatic rings. The molecule has 1 aliphatic carbocycles. The van der Waals surface area contributed by atoms with E-state index in [1.165, 1.54) is 0 Å². The van der Waals surface area contributed by atoms with E-state index in [0.29, 0.717) is 12.8 Å². The third-order valence-electron chi connectivity index (χ3n) is 2.37. The minimum atomic E-state index is -1.26. The molecule has 0 heterocycles. The van der Waals surface area contributed by atoms with Crippen LogP contribution in [0.2, 0.25) is 0 Å². The Morgan fingerprint density at radius 1 is 0.857 bits per heavy atom. The summed E-state index contributed by atoms with van der Waals surface area (Å²) >= 11 is 0. The molecule has 1 aliphatic rings. The van der Waals surface area contributed by atoms with Gasteiger partial charge in [0.25, 0.3) is 0 Å². The van der Waals surface area contributed by atoms with E-state index in [0.717, 1.165) is 12.8 Å². The van der Waals surface area contributed by atoms with Crippen LogP contribution in [-0.2, 0) is 9.59 Å². The molecule has 0 saturated heterocycles. The first-order chi connectivity index (χ1) is 5.63. The number of carbonyl (C=O) groups is 2. The fourth-order valence-corrected chi connectivity index (χ4v) is 1.70. The standard InChI is InChI=1S/C8H12O4.2Li/c9-7(10)5-3-1-2-4-6(5)8(11)12;;/h5-6H,1-4H2,(H,9,10)(H,11,12);;/q;2*+1/p-2. The summed E-state index contributed by atoms with van der Waals surface area (Å²) in [5.41, 5.74) is 0. The molecule has 0 radical (unpaired) electrons. The van der Waals surface area contributed by atoms with Crippen LogP contribution in [0.15, 0.2) is 0 Å². The van der Waals surface area contributed by atoms with E-state index >= 15 is 0 Å². The number of hydrogen-bond donors (Lipinski definition) is 0. The Bertz CT molecular complexity index is 186. The number of carbonyl (C=O) groups excluding carboxylic acids is 2. The molecular formula is C8H10Li2O4. The Morgan fingerprint density at radius 2 is 1.14 bits per heavy atom. The van der Waals surface area contributed by atoms with E-state index in [4.69, 9.17) is 0 Å². The van der Waals surface area contributed by atoms with Gasteiger partial charge in [-0.1, -0.05) is 12.8 Å². The maximum absolute atomic E-state index is 10.5. The molecular weight excluding hydrogens is 174 g/mol. The van der Waals surface area contributed by atoms with Crippen LogP contribution in [0.4, 0.5) is 0 Å². The average Bonchev–Trinajstić information content (AvgIpc) is 2.04. The minimum Gasteiger partial charge on any atom is -0.550 e. The van der Waals surface area contributed by atoms with E-state index in [1.54, 1.807) is 0 Å². The van der Waals surface area contributed by atoms with Gasteiger partial charge < -0.3 is 19.8 Å². The number of hydrogen-bond acceptors (Lipinski definition) is 4. The Labute approximate surface area is 107 Å². The largest absolute Gasteiger partial charge is 1.00 e. The minimum absolute atomic E-state index is 0. The van der Waals surface area contributed by atoms with Crippen molar-refractivity contribution in [3.8, 4) is 0 Å². The molecule has 0 spiro atoms. The van der Waals surface area contributed by atoms with Crippen LogP contribution in [-0.4, -0.2) is 11.9 Å². The van der Waals surface area contributed by atoms with Gasteiger partial charge in [0.05, 0.1) is 0 Å². The maximum atomic E-state index is 10.5. The van der Waals surface area contributed by atoms with Crippen LogP contribution in [0.3, 0.4) is 0 Å². The summed E-state index contributed by atoms with van der Waals surface area (Å²) in [4.78, 5) is 20.9. The molecule has 4 nitrogen and oxygen atoms in total. The fraction of sp³-hybridized carbons (Fsp3) is 0.750. The Hall–Kier alpha value is 0.135. The zero-order valence-electron chi connectivity index (χ0n) is 8.62. The number of carboxylic acids is 2. The summed E-state index contributed by atoms with van der Waals surface area (Å²) in [5, 5.41) is 20.9. The summed E-state index contributed by atoms with van der Waals surface area (Å²) in [6.45, 7) is 0. The number of aliphatic carboxylic acids is 2. The van der Waals surface area contributed by atoms with Crippen molar-refractivity contribution in [2.75, 3.05) is 0 Å². The Kier molecular flexibility index (Phi) is 8.79. The topological polar surface area (TPSA) is 80.3 Å². The predicted octanol–water partition coefficient (Wildman–Crippen LogP) is -7.70. The number of carboxylic acid groups (broad SMARTS) is 2. The van der Waals surface area contributed by atoms with E-state index in [-0.39, 0.29) is 37.7 Å². The van der Waals surface area contributed by atoms with Crippen LogP contribution in [0.5, 0.6) is 0 Å². The predicted molar refractivity (Wildman–Crippen MR) is 35.5 cm³/mol. The van der Waals surface area contributed by atoms with Crippen molar-refractivity contribution in [1.82, 2.24) is 0 Å². The Balaban J connectivity index is 0. The molecule has 2 unspecified atom stereocenters. The smallest absolute Gasteiger partial charge is 0.550 e. The van der Waals surface area contributed by atoms with Crippen molar-refractivity contribution in [3.05, 3.63) is 0 Å². The van der Waals surface area contributed by atoms with Gasteiger partial charge in [-0.25, -0.2) is 0 Å². The van der Waals surface area contributed by atoms with Gasteiger partial charge in [0.2, 0.25) is 0 Å². The van der Waals surface area contributed by atoms with Crippen molar-refractivity contribution in [2.24, 2.45) is 11.8 Å². The third-order valence-corrected chi connectivity index (χ3v) is 2.37. The third kappa shape index (κ3) is 4.11. The molecule has 1 fully saturated rings. The zero-order chi connectivity index (χ0) is 9.14. The van der Waals surface area contributed by atoms with Crippen LogP contribution in [0, 0.1) is 11.8 Å². The van der Waals surface area contributed by atoms with E-state index in [9.17, 15) is 19.8 Å². The molecule has 0 N–H and O–H groups in total. The van der Waals surface area contributed by atoms with Gasteiger partial charge in [0, 0.05) is 23.8 Å². The molecule has 0 aromatic carbocycles. The summed E-state index contributed by atoms with van der Waals surface area (Å²) in [5.74, 6) is -4.21. The molecule has 1 saturated carbocycles. The van der Waals surface area contributed by atoms with E-state index in [1.807, 2.05) is 0 Å². The van der Waals surface area contributed by atoms with Gasteiger partial charge >= 0.3 is 37.7 Å². The molecule has 6 heteroatoms. The second-order valence-corrected chi connectivity index (χ2v) is 3.14. The van der Waals surface area contributed by atoms with Crippen LogP contribution in [0.1, 0.15) is 25.7 Å². The molecule has 1 rings (SSSR count). The van der Waals surface area contributed by atoms with Crippen molar-refractivity contribution in [1.29, 1.82) is 0 Å². The van der Waals surface area contributed by atoms with Crippen LogP contribution >= 0.6 is 0 Å². The summed E-state index contributed by atoms with van der Waals surface area (Å²) in [6, 6.07) is 0. The fourth-order valence-electron chi connectivity index (χ4n) is 1.70. The zero-order valence-corrected chi connectivity index (χ0v) is 8.62. The van der Waals surface area contributed by atoms with Crippen LogP contribution < -0.4 is 47.9 Å². The van der Waals surface area contributed by atoms with Gasteiger partial charge in [-0.15, -0.1) is 0 Å². The molecule has 0 amide bonds. The van der Waals surface area contributed by atoms with Gasteiger partial charge in [-0.3, -0.25) is 0 Å². The van der Waals surface area contributed by atoms with Gasteiger partial charge in [0.15, 0.2) is 0 Å². The van der Waals surface area contributed by atoms with Crippen molar-refractivity contribution in [3.63, 3.8) is 0 Å². The molecule has 0 bridgehead atoms. The molecule has 0 aliphatic heterocycles. The maximum Gasteiger partial charge on any atom is 1.00 e. The molecule has 68 valence electrons. The van der Waals surface area contributed by atoms with E-state index in [2.05, 4.69) is 0 Å². The monoisotopic (exact) mass is 184 g/mol. The Morgan fingerprint density at radius 3 is 1.36 bits per heavy atom. The van der Waals surface area contributed by atoms with Gasteiger partial charge in [0.1, 0.15) is 0 Å². The summed E-state index contributed by atoms with van der Waals surface area (Å²) in [7, 11) is 0. The second kappa shape index (κ2) is 7.43. The molecule has 0 aromatic heterocycles. The van der Waals surface area contributed by atoms with Crippen molar-refractivity contribution >= 4 is 11.9 Å². The van der Waals surface area contributed by atoms with Gasteiger partial charge in [-0.05, 0) is 12.8 Å². The first kappa shape index (κ1) is 16.6. The van der Waals surface area contributed by atoms with Gasteiger partial charge in [-0.2, -0.15) is 0 Å². The van der Waals surface area contributed by atoms with E-state index < -0.39 is 23.8 Å². The SMILES string of the molecule is O=C([O-])C1CCCCC1C(=O)[O-].[Li+].[Li+]. The summed E-state index contributed by atoms with van der Waals surface area (Å²) < 4.78 is 0. The van der Waals surface area contributed by atoms with Crippen molar-refractivity contribution < 1.29 is 57.5 Å². The van der Waals surface area contributed by atoms with Crippen molar-refractivity contribution in [2.45, 2.75) is 25.7 Å². The quantitative estimate of drug-likeness (QED) is 0.399. The molecule has 2 atom stereocenters.